The van der Waals surface area contributed by atoms with Crippen LogP contribution < -0.4 is 13.9 Å². The highest BCUT2D eigenvalue weighted by Crippen LogP contribution is 2.76. The van der Waals surface area contributed by atoms with Gasteiger partial charge in [0.1, 0.15) is 17.3 Å². The highest BCUT2D eigenvalue weighted by atomic mass is 16.5. The standard InChI is InChI=1S/C58H61N4O/c1-55(2,3)39-25-28-48-46(33-39)45-27-26-43(36-49(45)60(48)53-34-40(29-30-59-53)56(4,5)6)63-44-32-41(57(7,8)9)31-42(35-44)61-37-62(61,51-23-17-16-22-50(51)61)52-24-18-21-47(58(10,11)12)54(52)38-19-14-13-15-20-38/h13-37H,1-12H3/q+1/t61?,62-/m1/s1. The van der Waals surface area contributed by atoms with Crippen LogP contribution in [0.4, 0.5) is 22.7 Å². The van der Waals surface area contributed by atoms with Crippen LogP contribution in [0.25, 0.3) is 38.8 Å². The third-order valence-electron chi connectivity index (χ3n) is 13.5. The molecule has 0 radical (unpaired) electrons. The van der Waals surface area contributed by atoms with Gasteiger partial charge in [0.25, 0.3) is 0 Å². The fourth-order valence-corrected chi connectivity index (χ4v) is 9.98. The number of ether oxygens (including phenoxy) is 1. The summed E-state index contributed by atoms with van der Waals surface area (Å²) in [5, 5.41) is 2.39. The Bertz CT molecular complexity index is 3110. The van der Waals surface area contributed by atoms with E-state index in [4.69, 9.17) is 9.72 Å². The van der Waals surface area contributed by atoms with Crippen molar-refractivity contribution in [3.8, 4) is 28.4 Å². The normalized spacial score (nSPS) is 18.5. The minimum atomic E-state index is -0.130. The molecular weight excluding hydrogens is 769 g/mol. The predicted molar refractivity (Wildman–Crippen MR) is 265 cm³/mol. The third kappa shape index (κ3) is 6.38. The third-order valence-corrected chi connectivity index (χ3v) is 13.5. The average Bonchev–Trinajstić information content (AvgIpc) is 3.72. The molecule has 318 valence electrons. The molecule has 1 unspecified atom stereocenters. The minimum Gasteiger partial charge on any atom is -0.457 e. The zero-order valence-electron chi connectivity index (χ0n) is 39.1. The number of benzene rings is 6. The second-order valence-corrected chi connectivity index (χ2v) is 22.0. The first kappa shape index (κ1) is 41.0. The van der Waals surface area contributed by atoms with Gasteiger partial charge in [0, 0.05) is 58.9 Å². The van der Waals surface area contributed by atoms with E-state index in [1.165, 1.54) is 66.9 Å². The van der Waals surface area contributed by atoms with Crippen LogP contribution in [0.5, 0.6) is 11.5 Å². The van der Waals surface area contributed by atoms with Crippen LogP contribution in [0.15, 0.2) is 146 Å². The number of para-hydroxylation sites is 2. The number of hydrogen-bond acceptors (Lipinski definition) is 2. The SMILES string of the molecule is CC(C)(C)c1cc(Oc2ccc3c4cc(C(C)(C)C)ccc4n(-c4cc(C(C)(C)C)ccn4)c3c2)cc([N+]23[CH-][N@+]2(c2cccc(C(C)(C)C)c2-c2ccccc2)c2ccccc23)c1. The minimum absolute atomic E-state index is 0.0125. The Balaban J connectivity index is 1.14. The van der Waals surface area contributed by atoms with E-state index in [2.05, 4.69) is 234 Å². The maximum atomic E-state index is 7.11. The van der Waals surface area contributed by atoms with Gasteiger partial charge in [-0.05, 0) is 91.9 Å². The van der Waals surface area contributed by atoms with E-state index in [-0.39, 0.29) is 21.7 Å². The Hall–Kier alpha value is -6.01. The van der Waals surface area contributed by atoms with Crippen molar-refractivity contribution in [2.45, 2.75) is 105 Å². The highest BCUT2D eigenvalue weighted by molar-refractivity contribution is 6.10. The van der Waals surface area contributed by atoms with Crippen LogP contribution in [-0.2, 0) is 21.7 Å². The van der Waals surface area contributed by atoms with Gasteiger partial charge >= 0.3 is 0 Å². The van der Waals surface area contributed by atoms with Crippen molar-refractivity contribution in [3.05, 3.63) is 175 Å². The molecule has 0 saturated carbocycles. The molecule has 0 aliphatic carbocycles. The van der Waals surface area contributed by atoms with Crippen molar-refractivity contribution >= 4 is 44.6 Å². The van der Waals surface area contributed by atoms with E-state index in [0.29, 0.717) is 9.18 Å². The van der Waals surface area contributed by atoms with E-state index in [9.17, 15) is 0 Å². The lowest BCUT2D eigenvalue weighted by atomic mass is 9.80. The van der Waals surface area contributed by atoms with Crippen molar-refractivity contribution in [1.82, 2.24) is 18.7 Å². The highest BCUT2D eigenvalue weighted by Gasteiger charge is 2.78. The summed E-state index contributed by atoms with van der Waals surface area (Å²) in [6.45, 7) is 30.0. The van der Waals surface area contributed by atoms with Crippen LogP contribution in [0, 0.1) is 6.67 Å². The largest absolute Gasteiger partial charge is 0.457 e. The van der Waals surface area contributed by atoms with E-state index >= 15 is 0 Å². The van der Waals surface area contributed by atoms with Gasteiger partial charge in [-0.15, -0.1) is 0 Å². The zero-order valence-corrected chi connectivity index (χ0v) is 39.1. The van der Waals surface area contributed by atoms with E-state index in [0.717, 1.165) is 28.4 Å². The molecule has 1 saturated heterocycles. The molecule has 0 bridgehead atoms. The molecule has 2 aliphatic heterocycles. The van der Waals surface area contributed by atoms with Gasteiger partial charge in [0.15, 0.2) is 18.0 Å². The smallest absolute Gasteiger partial charge is 0.225 e. The Morgan fingerprint density at radius 2 is 1.13 bits per heavy atom. The molecule has 2 atom stereocenters. The number of fused-ring (bicyclic) bond motifs is 7. The topological polar surface area (TPSA) is 27.1 Å². The second kappa shape index (κ2) is 13.7. The van der Waals surface area contributed by atoms with Gasteiger partial charge in [0.05, 0.1) is 11.0 Å². The number of aromatic nitrogens is 2. The van der Waals surface area contributed by atoms with E-state index in [1.807, 2.05) is 6.20 Å². The van der Waals surface area contributed by atoms with Crippen LogP contribution in [0.1, 0.15) is 105 Å². The summed E-state index contributed by atoms with van der Waals surface area (Å²) in [6, 6.07) is 51.7. The quantitative estimate of drug-likeness (QED) is 0.0948. The number of nitrogens with zero attached hydrogens (tertiary/aromatic N) is 4. The molecular formula is C58H61N4O+. The van der Waals surface area contributed by atoms with E-state index in [1.54, 1.807) is 0 Å². The molecule has 5 heteroatoms. The van der Waals surface area contributed by atoms with Crippen molar-refractivity contribution in [2.24, 2.45) is 0 Å². The van der Waals surface area contributed by atoms with Crippen molar-refractivity contribution in [2.75, 3.05) is 0 Å². The van der Waals surface area contributed by atoms with Gasteiger partial charge in [-0.3, -0.25) is 4.57 Å². The summed E-state index contributed by atoms with van der Waals surface area (Å²) >= 11 is 0. The fraction of sp³-hybridized carbons (Fsp3) is 0.276. The Morgan fingerprint density at radius 1 is 0.476 bits per heavy atom. The van der Waals surface area contributed by atoms with Crippen molar-refractivity contribution < 1.29 is 4.74 Å². The molecule has 2 aliphatic rings. The molecule has 10 rings (SSSR count). The molecule has 0 spiro atoms. The molecule has 0 amide bonds. The molecule has 8 aromatic rings. The van der Waals surface area contributed by atoms with Gasteiger partial charge < -0.3 is 4.74 Å². The molecule has 1 fully saturated rings. The monoisotopic (exact) mass is 829 g/mol. The summed E-state index contributed by atoms with van der Waals surface area (Å²) < 4.78 is 10.6. The summed E-state index contributed by atoms with van der Waals surface area (Å²) in [4.78, 5) is 4.99. The number of pyridine rings is 1. The van der Waals surface area contributed by atoms with Gasteiger partial charge in [0.2, 0.25) is 11.4 Å². The van der Waals surface area contributed by atoms with Crippen molar-refractivity contribution in [3.63, 3.8) is 0 Å². The van der Waals surface area contributed by atoms with Crippen molar-refractivity contribution in [1.29, 1.82) is 0 Å². The Kier molecular flexibility index (Phi) is 8.95. The van der Waals surface area contributed by atoms with E-state index < -0.39 is 0 Å². The maximum Gasteiger partial charge on any atom is 0.225 e. The van der Waals surface area contributed by atoms with Crippen LogP contribution in [0.3, 0.4) is 0 Å². The first-order chi connectivity index (χ1) is 29.7. The summed E-state index contributed by atoms with van der Waals surface area (Å²) in [6.07, 6.45) is 1.95. The molecule has 4 heterocycles. The van der Waals surface area contributed by atoms with Gasteiger partial charge in [-0.2, -0.15) is 9.18 Å². The van der Waals surface area contributed by atoms with Crippen LogP contribution in [0.2, 0.25) is 0 Å². The van der Waals surface area contributed by atoms with Gasteiger partial charge in [-0.1, -0.05) is 144 Å². The maximum absolute atomic E-state index is 7.11. The Labute approximate surface area is 374 Å². The summed E-state index contributed by atoms with van der Waals surface area (Å²) in [5.74, 6) is 2.52. The van der Waals surface area contributed by atoms with Crippen LogP contribution >= 0.6 is 0 Å². The number of hydrogen-bond donors (Lipinski definition) is 0. The molecule has 63 heavy (non-hydrogen) atoms. The summed E-state index contributed by atoms with van der Waals surface area (Å²) in [5.41, 5.74) is 14.7. The Morgan fingerprint density at radius 3 is 1.81 bits per heavy atom. The number of rotatable bonds is 6. The number of quaternary nitrogens is 2. The molecule has 6 aromatic carbocycles. The molecule has 5 nitrogen and oxygen atoms in total. The summed E-state index contributed by atoms with van der Waals surface area (Å²) in [7, 11) is 0. The lowest BCUT2D eigenvalue weighted by molar-refractivity contribution is 0.422. The predicted octanol–water partition coefficient (Wildman–Crippen LogP) is 16.2. The van der Waals surface area contributed by atoms with Gasteiger partial charge in [-0.25, -0.2) is 4.98 Å². The van der Waals surface area contributed by atoms with Crippen LogP contribution in [-0.4, -0.2) is 9.55 Å². The first-order valence-corrected chi connectivity index (χ1v) is 22.6. The fourth-order valence-electron chi connectivity index (χ4n) is 9.98. The second-order valence-electron chi connectivity index (χ2n) is 22.0. The lowest BCUT2D eigenvalue weighted by Gasteiger charge is -2.41. The zero-order chi connectivity index (χ0) is 44.5. The average molecular weight is 830 g/mol. The molecule has 0 N–H and O–H groups in total. The molecule has 2 aromatic heterocycles. The first-order valence-electron chi connectivity index (χ1n) is 22.6. The lowest BCUT2D eigenvalue weighted by Crippen LogP contribution is -2.47.